The maximum absolute atomic E-state index is 10.9. The molecule has 1 aromatic rings. The molecule has 1 aromatic carbocycles. The highest BCUT2D eigenvalue weighted by Gasteiger charge is 2.26. The number of likely N-dealkylation sites (tertiary alicyclic amines) is 1. The highest BCUT2D eigenvalue weighted by atomic mass is 127. The molecular formula is C20H32IN5O2. The van der Waals surface area contributed by atoms with Crippen molar-refractivity contribution in [2.45, 2.75) is 51.6 Å². The Morgan fingerprint density at radius 3 is 2.82 bits per heavy atom. The average molecular weight is 501 g/mol. The van der Waals surface area contributed by atoms with Crippen molar-refractivity contribution in [3.63, 3.8) is 0 Å². The van der Waals surface area contributed by atoms with Gasteiger partial charge in [-0.25, -0.2) is 4.99 Å². The first kappa shape index (κ1) is 22.9. The third-order valence-electron chi connectivity index (χ3n) is 5.49. The number of aliphatic imine (C=N–C) groups is 1. The summed E-state index contributed by atoms with van der Waals surface area (Å²) in [5, 5.41) is 17.8. The number of nitrogens with one attached hydrogen (secondary N) is 2. The fraction of sp³-hybridized carbons (Fsp3) is 0.650. The van der Waals surface area contributed by atoms with E-state index in [9.17, 15) is 10.1 Å². The molecule has 1 saturated carbocycles. The van der Waals surface area contributed by atoms with E-state index in [4.69, 9.17) is 0 Å². The van der Waals surface area contributed by atoms with E-state index in [1.165, 1.54) is 38.3 Å². The highest BCUT2D eigenvalue weighted by molar-refractivity contribution is 14.0. The van der Waals surface area contributed by atoms with Crippen molar-refractivity contribution in [2.24, 2.45) is 10.9 Å². The van der Waals surface area contributed by atoms with E-state index in [1.54, 1.807) is 12.1 Å². The van der Waals surface area contributed by atoms with E-state index >= 15 is 0 Å². The van der Waals surface area contributed by atoms with E-state index in [1.807, 2.05) is 13.0 Å². The van der Waals surface area contributed by atoms with Crippen LogP contribution in [0.25, 0.3) is 0 Å². The van der Waals surface area contributed by atoms with Gasteiger partial charge in [-0.1, -0.05) is 25.0 Å². The van der Waals surface area contributed by atoms with Crippen LogP contribution in [0.4, 0.5) is 5.69 Å². The zero-order valence-corrected chi connectivity index (χ0v) is 18.9. The van der Waals surface area contributed by atoms with E-state index in [-0.39, 0.29) is 34.6 Å². The lowest BCUT2D eigenvalue weighted by Gasteiger charge is -2.21. The summed E-state index contributed by atoms with van der Waals surface area (Å²) in [6.07, 6.45) is 6.71. The van der Waals surface area contributed by atoms with Crippen molar-refractivity contribution in [1.29, 1.82) is 0 Å². The Bertz CT molecular complexity index is 664. The second-order valence-electron chi connectivity index (χ2n) is 7.66. The molecule has 2 N–H and O–H groups in total. The van der Waals surface area contributed by atoms with Crippen LogP contribution in [0.1, 0.15) is 44.6 Å². The zero-order chi connectivity index (χ0) is 19.1. The molecule has 3 rings (SSSR count). The number of nitro groups is 1. The van der Waals surface area contributed by atoms with Crippen molar-refractivity contribution in [3.8, 4) is 0 Å². The minimum atomic E-state index is -0.367. The number of nitro benzene ring substituents is 1. The molecular weight excluding hydrogens is 469 g/mol. The van der Waals surface area contributed by atoms with Gasteiger partial charge in [0, 0.05) is 44.4 Å². The van der Waals surface area contributed by atoms with Gasteiger partial charge >= 0.3 is 0 Å². The fourth-order valence-corrected chi connectivity index (χ4v) is 4.13. The standard InChI is InChI=1S/C20H31N5O2.HI/c1-2-21-20(22-13-17-8-5-9-19(12-17)25(26)27)23-18-10-11-24(15-18)14-16-6-3-4-7-16;/h5,8-9,12,16,18H,2-4,6-7,10-11,13-15H2,1H3,(H2,21,22,23);1H. The molecule has 1 heterocycles. The second kappa shape index (κ2) is 11.5. The minimum absolute atomic E-state index is 0. The summed E-state index contributed by atoms with van der Waals surface area (Å²) < 4.78 is 0. The van der Waals surface area contributed by atoms with Gasteiger partial charge in [-0.2, -0.15) is 0 Å². The third kappa shape index (κ3) is 6.88. The molecule has 2 aliphatic rings. The third-order valence-corrected chi connectivity index (χ3v) is 5.49. The largest absolute Gasteiger partial charge is 0.357 e. The van der Waals surface area contributed by atoms with Gasteiger partial charge in [-0.3, -0.25) is 10.1 Å². The van der Waals surface area contributed by atoms with Crippen molar-refractivity contribution in [2.75, 3.05) is 26.2 Å². The van der Waals surface area contributed by atoms with E-state index in [0.29, 0.717) is 12.6 Å². The lowest BCUT2D eigenvalue weighted by molar-refractivity contribution is -0.384. The number of nitrogens with zero attached hydrogens (tertiary/aromatic N) is 3. The molecule has 1 saturated heterocycles. The van der Waals surface area contributed by atoms with Crippen LogP contribution in [0.3, 0.4) is 0 Å². The summed E-state index contributed by atoms with van der Waals surface area (Å²) in [5.74, 6) is 1.68. The second-order valence-corrected chi connectivity index (χ2v) is 7.66. The lowest BCUT2D eigenvalue weighted by atomic mass is 10.1. The Kier molecular flexibility index (Phi) is 9.43. The zero-order valence-electron chi connectivity index (χ0n) is 16.6. The maximum Gasteiger partial charge on any atom is 0.269 e. The normalized spacial score (nSPS) is 20.8. The first-order valence-corrected chi connectivity index (χ1v) is 10.1. The van der Waals surface area contributed by atoms with E-state index in [2.05, 4.69) is 20.5 Å². The molecule has 1 aliphatic carbocycles. The summed E-state index contributed by atoms with van der Waals surface area (Å²) in [5.41, 5.74) is 0.953. The van der Waals surface area contributed by atoms with Crippen LogP contribution in [0, 0.1) is 16.0 Å². The van der Waals surface area contributed by atoms with Gasteiger partial charge in [0.25, 0.3) is 5.69 Å². The molecule has 28 heavy (non-hydrogen) atoms. The van der Waals surface area contributed by atoms with Crippen LogP contribution in [0.2, 0.25) is 0 Å². The lowest BCUT2D eigenvalue weighted by Crippen LogP contribution is -2.44. The van der Waals surface area contributed by atoms with Gasteiger partial charge in [-0.05, 0) is 37.7 Å². The van der Waals surface area contributed by atoms with Crippen LogP contribution in [-0.4, -0.2) is 48.0 Å². The van der Waals surface area contributed by atoms with Crippen molar-refractivity contribution >= 4 is 35.6 Å². The molecule has 8 heteroatoms. The van der Waals surface area contributed by atoms with Crippen LogP contribution in [-0.2, 0) is 6.54 Å². The van der Waals surface area contributed by atoms with Gasteiger partial charge in [-0.15, -0.1) is 24.0 Å². The van der Waals surface area contributed by atoms with Gasteiger partial charge in [0.05, 0.1) is 11.5 Å². The first-order chi connectivity index (χ1) is 13.1. The number of hydrogen-bond acceptors (Lipinski definition) is 4. The molecule has 1 atom stereocenters. The van der Waals surface area contributed by atoms with Crippen LogP contribution < -0.4 is 10.6 Å². The van der Waals surface area contributed by atoms with Crippen LogP contribution in [0.5, 0.6) is 0 Å². The molecule has 7 nitrogen and oxygen atoms in total. The molecule has 156 valence electrons. The van der Waals surface area contributed by atoms with Crippen LogP contribution in [0.15, 0.2) is 29.3 Å². The van der Waals surface area contributed by atoms with Gasteiger partial charge in [0.1, 0.15) is 0 Å². The Morgan fingerprint density at radius 1 is 1.32 bits per heavy atom. The first-order valence-electron chi connectivity index (χ1n) is 10.1. The van der Waals surface area contributed by atoms with Crippen molar-refractivity contribution in [3.05, 3.63) is 39.9 Å². The number of non-ortho nitro benzene ring substituents is 1. The average Bonchev–Trinajstić information content (AvgIpc) is 3.33. The molecule has 1 aliphatic heterocycles. The van der Waals surface area contributed by atoms with Crippen LogP contribution >= 0.6 is 24.0 Å². The Labute approximate surface area is 184 Å². The molecule has 0 aromatic heterocycles. The summed E-state index contributed by atoms with van der Waals surface area (Å²) in [6, 6.07) is 7.09. The predicted molar refractivity (Wildman–Crippen MR) is 123 cm³/mol. The summed E-state index contributed by atoms with van der Waals surface area (Å²) in [6.45, 7) is 6.72. The Morgan fingerprint density at radius 2 is 2.11 bits per heavy atom. The Hall–Kier alpha value is -1.42. The minimum Gasteiger partial charge on any atom is -0.357 e. The SMILES string of the molecule is CCNC(=NCc1cccc([N+](=O)[O-])c1)NC1CCN(CC2CCCC2)C1.I. The number of rotatable bonds is 7. The highest BCUT2D eigenvalue weighted by Crippen LogP contribution is 2.26. The number of benzene rings is 1. The molecule has 0 amide bonds. The Balaban J connectivity index is 0.00000280. The maximum atomic E-state index is 10.9. The fourth-order valence-electron chi connectivity index (χ4n) is 4.13. The van der Waals surface area contributed by atoms with Gasteiger partial charge < -0.3 is 15.5 Å². The van der Waals surface area contributed by atoms with Gasteiger partial charge in [0.15, 0.2) is 5.96 Å². The van der Waals surface area contributed by atoms with Gasteiger partial charge in [0.2, 0.25) is 0 Å². The van der Waals surface area contributed by atoms with E-state index < -0.39 is 0 Å². The van der Waals surface area contributed by atoms with Crippen molar-refractivity contribution < 1.29 is 4.92 Å². The molecule has 0 spiro atoms. The number of hydrogen-bond donors (Lipinski definition) is 2. The predicted octanol–water partition coefficient (Wildman–Crippen LogP) is 3.53. The summed E-state index contributed by atoms with van der Waals surface area (Å²) in [7, 11) is 0. The summed E-state index contributed by atoms with van der Waals surface area (Å²) >= 11 is 0. The quantitative estimate of drug-likeness (QED) is 0.197. The van der Waals surface area contributed by atoms with Crippen molar-refractivity contribution in [1.82, 2.24) is 15.5 Å². The molecule has 2 fully saturated rings. The molecule has 0 radical (unpaired) electrons. The van der Waals surface area contributed by atoms with E-state index in [0.717, 1.165) is 43.5 Å². The number of halogens is 1. The molecule has 1 unspecified atom stereocenters. The molecule has 0 bridgehead atoms. The summed E-state index contributed by atoms with van der Waals surface area (Å²) in [4.78, 5) is 17.8. The number of guanidine groups is 1. The smallest absolute Gasteiger partial charge is 0.269 e. The topological polar surface area (TPSA) is 82.8 Å². The monoisotopic (exact) mass is 501 g/mol.